The van der Waals surface area contributed by atoms with Crippen LogP contribution in [0.5, 0.6) is 5.75 Å². The second-order valence-electron chi connectivity index (χ2n) is 4.45. The van der Waals surface area contributed by atoms with E-state index >= 15 is 0 Å². The molecule has 0 fully saturated rings. The van der Waals surface area contributed by atoms with Crippen LogP contribution in [-0.4, -0.2) is 21.5 Å². The topological polar surface area (TPSA) is 47.3 Å². The number of aliphatic hydroxyl groups excluding tert-OH is 1. The van der Waals surface area contributed by atoms with E-state index in [0.717, 1.165) is 5.69 Å². The van der Waals surface area contributed by atoms with Gasteiger partial charge in [-0.15, -0.1) is 0 Å². The standard InChI is InChI=1S/C14H16F2N2O2/c1-18-11(7-8-17-18)5-6-13(19)10-3-2-4-12(9-10)20-14(15)16/h2-4,7-9,13-14,19H,5-6H2,1H3. The summed E-state index contributed by atoms with van der Waals surface area (Å²) in [5.74, 6) is 0.0529. The van der Waals surface area contributed by atoms with Crippen molar-refractivity contribution in [2.24, 2.45) is 7.05 Å². The highest BCUT2D eigenvalue weighted by Crippen LogP contribution is 2.23. The monoisotopic (exact) mass is 282 g/mol. The fourth-order valence-corrected chi connectivity index (χ4v) is 2.00. The first-order chi connectivity index (χ1) is 9.56. The summed E-state index contributed by atoms with van der Waals surface area (Å²) in [6.45, 7) is -2.86. The van der Waals surface area contributed by atoms with Crippen LogP contribution in [-0.2, 0) is 13.5 Å². The van der Waals surface area contributed by atoms with Crippen LogP contribution < -0.4 is 4.74 Å². The molecule has 1 atom stereocenters. The van der Waals surface area contributed by atoms with Gasteiger partial charge in [-0.25, -0.2) is 0 Å². The van der Waals surface area contributed by atoms with Gasteiger partial charge >= 0.3 is 6.61 Å². The van der Waals surface area contributed by atoms with E-state index in [2.05, 4.69) is 9.84 Å². The molecule has 0 aliphatic carbocycles. The molecule has 0 bridgehead atoms. The molecule has 2 rings (SSSR count). The predicted octanol–water partition coefficient (Wildman–Crippen LogP) is 2.69. The molecule has 0 spiro atoms. The number of alkyl halides is 2. The van der Waals surface area contributed by atoms with Crippen LogP contribution in [0.3, 0.4) is 0 Å². The molecular weight excluding hydrogens is 266 g/mol. The highest BCUT2D eigenvalue weighted by atomic mass is 19.3. The van der Waals surface area contributed by atoms with Crippen molar-refractivity contribution in [1.29, 1.82) is 0 Å². The minimum atomic E-state index is -2.86. The van der Waals surface area contributed by atoms with Crippen molar-refractivity contribution >= 4 is 0 Å². The number of nitrogens with zero attached hydrogens (tertiary/aromatic N) is 2. The lowest BCUT2D eigenvalue weighted by Crippen LogP contribution is -2.05. The van der Waals surface area contributed by atoms with Crippen LogP contribution in [0, 0.1) is 0 Å². The van der Waals surface area contributed by atoms with E-state index in [1.165, 1.54) is 12.1 Å². The Morgan fingerprint density at radius 2 is 2.15 bits per heavy atom. The van der Waals surface area contributed by atoms with Crippen LogP contribution in [0.15, 0.2) is 36.5 Å². The average molecular weight is 282 g/mol. The van der Waals surface area contributed by atoms with E-state index < -0.39 is 12.7 Å². The number of hydrogen-bond donors (Lipinski definition) is 1. The summed E-state index contributed by atoms with van der Waals surface area (Å²) in [6.07, 6.45) is 2.10. The molecule has 20 heavy (non-hydrogen) atoms. The molecule has 1 aromatic carbocycles. The van der Waals surface area contributed by atoms with Gasteiger partial charge in [0.05, 0.1) is 6.10 Å². The number of rotatable bonds is 6. The van der Waals surface area contributed by atoms with Gasteiger partial charge in [0.25, 0.3) is 0 Å². The lowest BCUT2D eigenvalue weighted by molar-refractivity contribution is -0.0499. The number of aryl methyl sites for hydroxylation is 2. The highest BCUT2D eigenvalue weighted by Gasteiger charge is 2.11. The van der Waals surface area contributed by atoms with Gasteiger partial charge in [-0.3, -0.25) is 4.68 Å². The Balaban J connectivity index is 1.98. The van der Waals surface area contributed by atoms with Gasteiger partial charge < -0.3 is 9.84 Å². The molecule has 108 valence electrons. The molecule has 1 unspecified atom stereocenters. The first kappa shape index (κ1) is 14.5. The van der Waals surface area contributed by atoms with E-state index in [9.17, 15) is 13.9 Å². The fourth-order valence-electron chi connectivity index (χ4n) is 2.00. The summed E-state index contributed by atoms with van der Waals surface area (Å²) in [5.41, 5.74) is 1.56. The highest BCUT2D eigenvalue weighted by molar-refractivity contribution is 5.30. The predicted molar refractivity (Wildman–Crippen MR) is 69.6 cm³/mol. The molecule has 0 saturated heterocycles. The lowest BCUT2D eigenvalue weighted by atomic mass is 10.0. The third-order valence-corrected chi connectivity index (χ3v) is 3.06. The van der Waals surface area contributed by atoms with Crippen molar-refractivity contribution in [2.45, 2.75) is 25.6 Å². The van der Waals surface area contributed by atoms with E-state index in [1.807, 2.05) is 13.1 Å². The molecule has 0 saturated carbocycles. The van der Waals surface area contributed by atoms with E-state index in [1.54, 1.807) is 23.0 Å². The second kappa shape index (κ2) is 6.47. The smallest absolute Gasteiger partial charge is 0.387 e. The molecule has 1 aromatic heterocycles. The van der Waals surface area contributed by atoms with Gasteiger partial charge in [-0.2, -0.15) is 13.9 Å². The number of ether oxygens (including phenoxy) is 1. The molecule has 4 nitrogen and oxygen atoms in total. The second-order valence-corrected chi connectivity index (χ2v) is 4.45. The van der Waals surface area contributed by atoms with Crippen LogP contribution in [0.4, 0.5) is 8.78 Å². The Morgan fingerprint density at radius 1 is 1.35 bits per heavy atom. The van der Waals surface area contributed by atoms with Crippen molar-refractivity contribution in [2.75, 3.05) is 0 Å². The fraction of sp³-hybridized carbons (Fsp3) is 0.357. The van der Waals surface area contributed by atoms with Crippen molar-refractivity contribution in [3.63, 3.8) is 0 Å². The van der Waals surface area contributed by atoms with Crippen LogP contribution in [0.25, 0.3) is 0 Å². The van der Waals surface area contributed by atoms with Gasteiger partial charge in [-0.05, 0) is 36.6 Å². The summed E-state index contributed by atoms with van der Waals surface area (Å²) in [7, 11) is 1.83. The van der Waals surface area contributed by atoms with Gasteiger partial charge in [0, 0.05) is 18.9 Å². The normalized spacial score (nSPS) is 12.7. The molecule has 0 aliphatic rings. The summed E-state index contributed by atoms with van der Waals surface area (Å²) in [6, 6.07) is 8.01. The first-order valence-corrected chi connectivity index (χ1v) is 6.26. The maximum absolute atomic E-state index is 12.1. The maximum atomic E-state index is 12.1. The minimum absolute atomic E-state index is 0.0529. The third-order valence-electron chi connectivity index (χ3n) is 3.06. The Hall–Kier alpha value is -1.95. The van der Waals surface area contributed by atoms with E-state index in [4.69, 9.17) is 0 Å². The van der Waals surface area contributed by atoms with Crippen LogP contribution in [0.2, 0.25) is 0 Å². The van der Waals surface area contributed by atoms with Crippen LogP contribution >= 0.6 is 0 Å². The third kappa shape index (κ3) is 3.77. The molecule has 1 heterocycles. The van der Waals surface area contributed by atoms with Gasteiger partial charge in [0.2, 0.25) is 0 Å². The zero-order valence-corrected chi connectivity index (χ0v) is 11.0. The van der Waals surface area contributed by atoms with Gasteiger partial charge in [0.1, 0.15) is 5.75 Å². The van der Waals surface area contributed by atoms with Crippen molar-refractivity contribution in [3.05, 3.63) is 47.8 Å². The number of benzene rings is 1. The Kier molecular flexibility index (Phi) is 4.68. The molecular formula is C14H16F2N2O2. The van der Waals surface area contributed by atoms with Crippen molar-refractivity contribution in [1.82, 2.24) is 9.78 Å². The van der Waals surface area contributed by atoms with Crippen LogP contribution in [0.1, 0.15) is 23.8 Å². The molecule has 6 heteroatoms. The Labute approximate surface area is 115 Å². The van der Waals surface area contributed by atoms with E-state index in [0.29, 0.717) is 18.4 Å². The van der Waals surface area contributed by atoms with Gasteiger partial charge in [0.15, 0.2) is 0 Å². The Bertz CT molecular complexity index is 558. The van der Waals surface area contributed by atoms with Crippen molar-refractivity contribution in [3.8, 4) is 5.75 Å². The average Bonchev–Trinajstić information content (AvgIpc) is 2.81. The van der Waals surface area contributed by atoms with Crippen molar-refractivity contribution < 1.29 is 18.6 Å². The lowest BCUT2D eigenvalue weighted by Gasteiger charge is -2.12. The Morgan fingerprint density at radius 3 is 2.80 bits per heavy atom. The minimum Gasteiger partial charge on any atom is -0.435 e. The maximum Gasteiger partial charge on any atom is 0.387 e. The molecule has 0 aliphatic heterocycles. The first-order valence-electron chi connectivity index (χ1n) is 6.26. The summed E-state index contributed by atoms with van der Waals surface area (Å²) in [5, 5.41) is 14.1. The summed E-state index contributed by atoms with van der Waals surface area (Å²) in [4.78, 5) is 0. The number of aliphatic hydroxyl groups is 1. The van der Waals surface area contributed by atoms with Gasteiger partial charge in [-0.1, -0.05) is 12.1 Å². The number of aromatic nitrogens is 2. The quantitative estimate of drug-likeness (QED) is 0.886. The molecule has 0 amide bonds. The summed E-state index contributed by atoms with van der Waals surface area (Å²) < 4.78 is 30.3. The zero-order valence-electron chi connectivity index (χ0n) is 11.0. The largest absolute Gasteiger partial charge is 0.435 e. The number of halogens is 2. The molecule has 0 radical (unpaired) electrons. The number of hydrogen-bond acceptors (Lipinski definition) is 3. The molecule has 2 aromatic rings. The summed E-state index contributed by atoms with van der Waals surface area (Å²) >= 11 is 0. The van der Waals surface area contributed by atoms with E-state index in [-0.39, 0.29) is 5.75 Å². The molecule has 1 N–H and O–H groups in total. The zero-order chi connectivity index (χ0) is 14.5. The SMILES string of the molecule is Cn1nccc1CCC(O)c1cccc(OC(F)F)c1.